The van der Waals surface area contributed by atoms with Crippen LogP contribution >= 0.6 is 23.2 Å². The van der Waals surface area contributed by atoms with Crippen LogP contribution in [0.1, 0.15) is 19.8 Å². The first-order chi connectivity index (χ1) is 10.1. The highest BCUT2D eigenvalue weighted by Gasteiger charge is 2.17. The molecular formula is C14H20Cl2N4O. The number of piperidine rings is 1. The summed E-state index contributed by atoms with van der Waals surface area (Å²) >= 11 is 11.7. The molecular weight excluding hydrogens is 311 g/mol. The monoisotopic (exact) mass is 330 g/mol. The van der Waals surface area contributed by atoms with Gasteiger partial charge in [0.2, 0.25) is 5.88 Å². The summed E-state index contributed by atoms with van der Waals surface area (Å²) in [6.45, 7) is 5.03. The van der Waals surface area contributed by atoms with Crippen LogP contribution in [0, 0.1) is 5.92 Å². The Bertz CT molecular complexity index is 510. The number of nitrogens with two attached hydrogens (primary N) is 1. The Kier molecular flexibility index (Phi) is 5.94. The van der Waals surface area contributed by atoms with Crippen LogP contribution in [-0.4, -0.2) is 42.1 Å². The van der Waals surface area contributed by atoms with Gasteiger partial charge in [-0.05, 0) is 24.8 Å². The fourth-order valence-corrected chi connectivity index (χ4v) is 2.74. The van der Waals surface area contributed by atoms with E-state index >= 15 is 0 Å². The summed E-state index contributed by atoms with van der Waals surface area (Å²) in [5, 5.41) is 0.873. The van der Waals surface area contributed by atoms with Crippen molar-refractivity contribution < 1.29 is 4.74 Å². The number of hydrogen-bond acceptors (Lipinski definition) is 3. The van der Waals surface area contributed by atoms with Crippen LogP contribution in [0.3, 0.4) is 0 Å². The lowest BCUT2D eigenvalue weighted by atomic mass is 10.0. The van der Waals surface area contributed by atoms with E-state index in [1.54, 1.807) is 6.07 Å². The summed E-state index contributed by atoms with van der Waals surface area (Å²) in [6.07, 6.45) is 3.92. The van der Waals surface area contributed by atoms with Crippen molar-refractivity contribution in [1.29, 1.82) is 0 Å². The molecule has 21 heavy (non-hydrogen) atoms. The van der Waals surface area contributed by atoms with Crippen molar-refractivity contribution in [3.8, 4) is 5.88 Å². The van der Waals surface area contributed by atoms with Gasteiger partial charge in [0.1, 0.15) is 11.6 Å². The molecule has 1 unspecified atom stereocenters. The van der Waals surface area contributed by atoms with Gasteiger partial charge in [-0.15, -0.1) is 0 Å². The fraction of sp³-hybridized carbons (Fsp3) is 0.571. The average molecular weight is 331 g/mol. The lowest BCUT2D eigenvalue weighted by Crippen LogP contribution is -2.43. The predicted octanol–water partition coefficient (Wildman–Crippen LogP) is 2.81. The lowest BCUT2D eigenvalue weighted by molar-refractivity contribution is 0.268. The van der Waals surface area contributed by atoms with Gasteiger partial charge in [-0.2, -0.15) is 0 Å². The van der Waals surface area contributed by atoms with Gasteiger partial charge in [0.25, 0.3) is 0 Å². The second kappa shape index (κ2) is 7.71. The molecule has 2 N–H and O–H groups in total. The van der Waals surface area contributed by atoms with E-state index in [-0.39, 0.29) is 0 Å². The average Bonchev–Trinajstić information content (AvgIpc) is 2.45. The van der Waals surface area contributed by atoms with Crippen LogP contribution in [0.4, 0.5) is 0 Å². The summed E-state index contributed by atoms with van der Waals surface area (Å²) in [4.78, 5) is 10.5. The van der Waals surface area contributed by atoms with E-state index in [2.05, 4.69) is 21.8 Å². The molecule has 0 aromatic carbocycles. The Morgan fingerprint density at radius 1 is 1.57 bits per heavy atom. The molecule has 1 aliphatic rings. The molecule has 0 spiro atoms. The van der Waals surface area contributed by atoms with Crippen LogP contribution < -0.4 is 10.5 Å². The molecule has 1 aromatic rings. The van der Waals surface area contributed by atoms with Gasteiger partial charge in [-0.3, -0.25) is 0 Å². The SMILES string of the molecule is CC1CCCN(C(N)=NCCOc2ncc(Cl)cc2Cl)C1. The molecule has 0 amide bonds. The molecule has 1 atom stereocenters. The quantitative estimate of drug-likeness (QED) is 0.523. The topological polar surface area (TPSA) is 63.7 Å². The highest BCUT2D eigenvalue weighted by molar-refractivity contribution is 6.35. The maximum Gasteiger partial charge on any atom is 0.232 e. The Morgan fingerprint density at radius 3 is 3.10 bits per heavy atom. The minimum Gasteiger partial charge on any atom is -0.475 e. The first kappa shape index (κ1) is 16.2. The molecule has 7 heteroatoms. The highest BCUT2D eigenvalue weighted by Crippen LogP contribution is 2.24. The number of halogens is 2. The summed E-state index contributed by atoms with van der Waals surface area (Å²) in [5.74, 6) is 1.61. The minimum atomic E-state index is 0.362. The number of rotatable bonds is 4. The van der Waals surface area contributed by atoms with Crippen LogP contribution in [0.5, 0.6) is 5.88 Å². The van der Waals surface area contributed by atoms with E-state index in [0.29, 0.717) is 41.0 Å². The van der Waals surface area contributed by atoms with Crippen LogP contribution in [-0.2, 0) is 0 Å². The number of hydrogen-bond donors (Lipinski definition) is 1. The summed E-state index contributed by atoms with van der Waals surface area (Å²) in [7, 11) is 0. The third kappa shape index (κ3) is 4.93. The highest BCUT2D eigenvalue weighted by atomic mass is 35.5. The molecule has 1 aliphatic heterocycles. The molecule has 1 saturated heterocycles. The largest absolute Gasteiger partial charge is 0.475 e. The predicted molar refractivity (Wildman–Crippen MR) is 86.2 cm³/mol. The number of aliphatic imine (C=N–C) groups is 1. The number of likely N-dealkylation sites (tertiary alicyclic amines) is 1. The molecule has 2 heterocycles. The maximum atomic E-state index is 6.00. The molecule has 0 aliphatic carbocycles. The van der Waals surface area contributed by atoms with Crippen molar-refractivity contribution in [2.24, 2.45) is 16.6 Å². The van der Waals surface area contributed by atoms with Crippen molar-refractivity contribution >= 4 is 29.2 Å². The van der Waals surface area contributed by atoms with E-state index in [4.69, 9.17) is 33.7 Å². The minimum absolute atomic E-state index is 0.362. The first-order valence-corrected chi connectivity index (χ1v) is 7.80. The van der Waals surface area contributed by atoms with Gasteiger partial charge < -0.3 is 15.4 Å². The van der Waals surface area contributed by atoms with Gasteiger partial charge in [0.15, 0.2) is 5.96 Å². The lowest BCUT2D eigenvalue weighted by Gasteiger charge is -2.31. The van der Waals surface area contributed by atoms with Crippen LogP contribution in [0.25, 0.3) is 0 Å². The van der Waals surface area contributed by atoms with Crippen molar-refractivity contribution in [3.05, 3.63) is 22.3 Å². The van der Waals surface area contributed by atoms with E-state index in [0.717, 1.165) is 19.5 Å². The second-order valence-corrected chi connectivity index (χ2v) is 6.07. The molecule has 0 radical (unpaired) electrons. The van der Waals surface area contributed by atoms with Crippen molar-refractivity contribution in [3.63, 3.8) is 0 Å². The Hall–Kier alpha value is -1.20. The van der Waals surface area contributed by atoms with E-state index in [9.17, 15) is 0 Å². The number of aromatic nitrogens is 1. The van der Waals surface area contributed by atoms with E-state index in [1.807, 2.05) is 0 Å². The Labute approximate surface area is 135 Å². The molecule has 0 bridgehead atoms. The standard InChI is InChI=1S/C14H20Cl2N4O/c1-10-3-2-5-20(9-10)14(17)18-4-6-21-13-12(16)7-11(15)8-19-13/h7-8,10H,2-6,9H2,1H3,(H2,17,18). The molecule has 1 fully saturated rings. The molecule has 1 aromatic heterocycles. The number of ether oxygens (including phenoxy) is 1. The Morgan fingerprint density at radius 2 is 2.38 bits per heavy atom. The van der Waals surface area contributed by atoms with Crippen LogP contribution in [0.15, 0.2) is 17.3 Å². The molecule has 2 rings (SSSR count). The summed E-state index contributed by atoms with van der Waals surface area (Å²) in [5.41, 5.74) is 6.00. The van der Waals surface area contributed by atoms with Gasteiger partial charge >= 0.3 is 0 Å². The molecule has 0 saturated carbocycles. The second-order valence-electron chi connectivity index (χ2n) is 5.22. The number of pyridine rings is 1. The summed E-state index contributed by atoms with van der Waals surface area (Å²) < 4.78 is 5.47. The van der Waals surface area contributed by atoms with Gasteiger partial charge in [0, 0.05) is 19.3 Å². The van der Waals surface area contributed by atoms with Gasteiger partial charge in [-0.25, -0.2) is 9.98 Å². The zero-order valence-electron chi connectivity index (χ0n) is 12.1. The van der Waals surface area contributed by atoms with Gasteiger partial charge in [-0.1, -0.05) is 30.1 Å². The maximum absolute atomic E-state index is 6.00. The van der Waals surface area contributed by atoms with Crippen molar-refractivity contribution in [2.75, 3.05) is 26.2 Å². The van der Waals surface area contributed by atoms with E-state index in [1.165, 1.54) is 12.6 Å². The molecule has 116 valence electrons. The van der Waals surface area contributed by atoms with Crippen molar-refractivity contribution in [2.45, 2.75) is 19.8 Å². The molecule has 5 nitrogen and oxygen atoms in total. The zero-order valence-corrected chi connectivity index (χ0v) is 13.6. The van der Waals surface area contributed by atoms with E-state index < -0.39 is 0 Å². The summed E-state index contributed by atoms with van der Waals surface area (Å²) in [6, 6.07) is 1.60. The fourth-order valence-electron chi connectivity index (χ4n) is 2.31. The number of nitrogens with zero attached hydrogens (tertiary/aromatic N) is 3. The van der Waals surface area contributed by atoms with Gasteiger partial charge in [0.05, 0.1) is 11.6 Å². The normalized spacial score (nSPS) is 19.7. The van der Waals surface area contributed by atoms with Crippen LogP contribution in [0.2, 0.25) is 10.0 Å². The number of guanidine groups is 1. The first-order valence-electron chi connectivity index (χ1n) is 7.05. The zero-order chi connectivity index (χ0) is 15.2. The smallest absolute Gasteiger partial charge is 0.232 e. The van der Waals surface area contributed by atoms with Crippen molar-refractivity contribution in [1.82, 2.24) is 9.88 Å². The third-order valence-corrected chi connectivity index (χ3v) is 3.84. The Balaban J connectivity index is 1.79. The third-order valence-electron chi connectivity index (χ3n) is 3.36.